The fourth-order valence-electron chi connectivity index (χ4n) is 2.27. The Bertz CT molecular complexity index is 647. The molecule has 7 heteroatoms. The molecule has 0 aromatic heterocycles. The van der Waals surface area contributed by atoms with E-state index in [1.165, 1.54) is 11.1 Å². The zero-order valence-corrected chi connectivity index (χ0v) is 16.8. The summed E-state index contributed by atoms with van der Waals surface area (Å²) in [7, 11) is -1.39. The van der Waals surface area contributed by atoms with E-state index < -0.39 is 10.0 Å². The third-order valence-corrected chi connectivity index (χ3v) is 4.49. The molecule has 0 amide bonds. The monoisotopic (exact) mass is 368 g/mol. The lowest BCUT2D eigenvalue weighted by atomic mass is 9.86. The van der Waals surface area contributed by atoms with E-state index >= 15 is 0 Å². The van der Waals surface area contributed by atoms with E-state index in [0.29, 0.717) is 19.5 Å². The first-order chi connectivity index (χ1) is 11.6. The first-order valence-corrected chi connectivity index (χ1v) is 10.5. The van der Waals surface area contributed by atoms with E-state index in [9.17, 15) is 8.42 Å². The SMILES string of the molecule is CN=C(NCCCNS(C)(=O)=O)NCCc1ccc(C(C)(C)C)cc1. The molecule has 25 heavy (non-hydrogen) atoms. The quantitative estimate of drug-likeness (QED) is 0.370. The molecule has 1 aromatic rings. The van der Waals surface area contributed by atoms with Crippen LogP contribution >= 0.6 is 0 Å². The molecule has 0 radical (unpaired) electrons. The minimum absolute atomic E-state index is 0.175. The van der Waals surface area contributed by atoms with Crippen LogP contribution in [0.2, 0.25) is 0 Å². The maximum atomic E-state index is 11.0. The lowest BCUT2D eigenvalue weighted by molar-refractivity contribution is 0.584. The van der Waals surface area contributed by atoms with Gasteiger partial charge in [0, 0.05) is 26.7 Å². The fourth-order valence-corrected chi connectivity index (χ4v) is 2.79. The summed E-state index contributed by atoms with van der Waals surface area (Å²) < 4.78 is 24.4. The molecule has 3 N–H and O–H groups in total. The van der Waals surface area contributed by atoms with Crippen LogP contribution in [0.1, 0.15) is 38.3 Å². The average Bonchev–Trinajstić information content (AvgIpc) is 2.51. The van der Waals surface area contributed by atoms with Gasteiger partial charge in [0.15, 0.2) is 5.96 Å². The summed E-state index contributed by atoms with van der Waals surface area (Å²) >= 11 is 0. The molecule has 0 atom stereocenters. The number of benzene rings is 1. The number of nitrogens with one attached hydrogen (secondary N) is 3. The van der Waals surface area contributed by atoms with E-state index in [1.54, 1.807) is 7.05 Å². The van der Waals surface area contributed by atoms with E-state index in [0.717, 1.165) is 25.2 Å². The predicted octanol–water partition coefficient (Wildman–Crippen LogP) is 1.63. The van der Waals surface area contributed by atoms with Crippen molar-refractivity contribution in [2.75, 3.05) is 32.9 Å². The lowest BCUT2D eigenvalue weighted by Crippen LogP contribution is -2.39. The summed E-state index contributed by atoms with van der Waals surface area (Å²) in [6, 6.07) is 8.74. The van der Waals surface area contributed by atoms with Crippen molar-refractivity contribution in [2.24, 2.45) is 4.99 Å². The number of guanidine groups is 1. The van der Waals surface area contributed by atoms with Crippen LogP contribution in [-0.2, 0) is 21.9 Å². The van der Waals surface area contributed by atoms with Crippen LogP contribution in [-0.4, -0.2) is 47.3 Å². The molecule has 142 valence electrons. The topological polar surface area (TPSA) is 82.6 Å². The molecule has 0 bridgehead atoms. The van der Waals surface area contributed by atoms with Gasteiger partial charge in [-0.2, -0.15) is 0 Å². The van der Waals surface area contributed by atoms with Crippen molar-refractivity contribution in [3.8, 4) is 0 Å². The first-order valence-electron chi connectivity index (χ1n) is 8.60. The van der Waals surface area contributed by atoms with Crippen molar-refractivity contribution in [3.05, 3.63) is 35.4 Å². The molecule has 0 unspecified atom stereocenters. The minimum atomic E-state index is -3.11. The summed E-state index contributed by atoms with van der Waals surface area (Å²) in [5.74, 6) is 0.727. The van der Waals surface area contributed by atoms with Gasteiger partial charge in [0.25, 0.3) is 0 Å². The molecule has 0 saturated heterocycles. The second kappa shape index (κ2) is 9.77. The summed E-state index contributed by atoms with van der Waals surface area (Å²) in [6.07, 6.45) is 2.78. The van der Waals surface area contributed by atoms with Crippen LogP contribution in [0.15, 0.2) is 29.3 Å². The van der Waals surface area contributed by atoms with Gasteiger partial charge >= 0.3 is 0 Å². The smallest absolute Gasteiger partial charge is 0.208 e. The predicted molar refractivity (Wildman–Crippen MR) is 106 cm³/mol. The molecular weight excluding hydrogens is 336 g/mol. The van der Waals surface area contributed by atoms with Crippen molar-refractivity contribution in [1.82, 2.24) is 15.4 Å². The van der Waals surface area contributed by atoms with E-state index in [1.807, 2.05) is 0 Å². The molecule has 0 aliphatic rings. The molecule has 0 spiro atoms. The van der Waals surface area contributed by atoms with Crippen molar-refractivity contribution in [1.29, 1.82) is 0 Å². The van der Waals surface area contributed by atoms with Crippen LogP contribution in [0, 0.1) is 0 Å². The molecule has 1 aromatic carbocycles. The van der Waals surface area contributed by atoms with Gasteiger partial charge in [-0.25, -0.2) is 13.1 Å². The highest BCUT2D eigenvalue weighted by Gasteiger charge is 2.12. The highest BCUT2D eigenvalue weighted by molar-refractivity contribution is 7.88. The fraction of sp³-hybridized carbons (Fsp3) is 0.611. The van der Waals surface area contributed by atoms with Crippen LogP contribution in [0.3, 0.4) is 0 Å². The Hall–Kier alpha value is -1.60. The number of rotatable bonds is 8. The number of hydrogen-bond donors (Lipinski definition) is 3. The van der Waals surface area contributed by atoms with Gasteiger partial charge in [-0.3, -0.25) is 4.99 Å². The Morgan fingerprint density at radius 3 is 2.16 bits per heavy atom. The molecule has 0 aliphatic heterocycles. The first kappa shape index (κ1) is 21.4. The maximum Gasteiger partial charge on any atom is 0.208 e. The highest BCUT2D eigenvalue weighted by Crippen LogP contribution is 2.22. The number of aliphatic imine (C=N–C) groups is 1. The Labute approximate surface area is 152 Å². The van der Waals surface area contributed by atoms with Gasteiger partial charge in [0.2, 0.25) is 10.0 Å². The molecular formula is C18H32N4O2S. The van der Waals surface area contributed by atoms with E-state index in [-0.39, 0.29) is 5.41 Å². The van der Waals surface area contributed by atoms with Gasteiger partial charge in [0.05, 0.1) is 6.26 Å². The molecule has 6 nitrogen and oxygen atoms in total. The summed E-state index contributed by atoms with van der Waals surface area (Å²) in [5.41, 5.74) is 2.80. The van der Waals surface area contributed by atoms with Crippen molar-refractivity contribution in [3.63, 3.8) is 0 Å². The summed E-state index contributed by atoms with van der Waals surface area (Å²) in [6.45, 7) is 8.50. The van der Waals surface area contributed by atoms with Crippen LogP contribution in [0.4, 0.5) is 0 Å². The molecule has 1 rings (SSSR count). The van der Waals surface area contributed by atoms with Gasteiger partial charge in [-0.05, 0) is 29.4 Å². The standard InChI is InChI=1S/C18H32N4O2S/c1-18(2,3)16-9-7-15(8-10-16)11-14-21-17(19-4)20-12-6-13-22-25(5,23)24/h7-10,22H,6,11-14H2,1-5H3,(H2,19,20,21). The van der Waals surface area contributed by atoms with E-state index in [4.69, 9.17) is 0 Å². The number of sulfonamides is 1. The Balaban J connectivity index is 2.29. The Kier molecular flexibility index (Phi) is 8.38. The molecule has 0 heterocycles. The molecule has 0 fully saturated rings. The number of hydrogen-bond acceptors (Lipinski definition) is 3. The van der Waals surface area contributed by atoms with Crippen LogP contribution in [0.25, 0.3) is 0 Å². The molecule has 0 aliphatic carbocycles. The Morgan fingerprint density at radius 1 is 1.04 bits per heavy atom. The van der Waals surface area contributed by atoms with E-state index in [2.05, 4.69) is 65.4 Å². The van der Waals surface area contributed by atoms with Crippen LogP contribution in [0.5, 0.6) is 0 Å². The highest BCUT2D eigenvalue weighted by atomic mass is 32.2. The van der Waals surface area contributed by atoms with Gasteiger partial charge in [-0.15, -0.1) is 0 Å². The van der Waals surface area contributed by atoms with Crippen LogP contribution < -0.4 is 15.4 Å². The van der Waals surface area contributed by atoms with Gasteiger partial charge in [-0.1, -0.05) is 45.0 Å². The van der Waals surface area contributed by atoms with Crippen molar-refractivity contribution >= 4 is 16.0 Å². The van der Waals surface area contributed by atoms with Gasteiger partial charge in [0.1, 0.15) is 0 Å². The Morgan fingerprint density at radius 2 is 1.64 bits per heavy atom. The third kappa shape index (κ3) is 9.45. The second-order valence-corrected chi connectivity index (χ2v) is 8.98. The zero-order valence-electron chi connectivity index (χ0n) is 16.0. The third-order valence-electron chi connectivity index (χ3n) is 3.76. The average molecular weight is 369 g/mol. The van der Waals surface area contributed by atoms with Crippen molar-refractivity contribution in [2.45, 2.75) is 39.0 Å². The van der Waals surface area contributed by atoms with Crippen molar-refractivity contribution < 1.29 is 8.42 Å². The summed E-state index contributed by atoms with van der Waals surface area (Å²) in [5, 5.41) is 6.45. The minimum Gasteiger partial charge on any atom is -0.356 e. The molecule has 0 saturated carbocycles. The summed E-state index contributed by atoms with van der Waals surface area (Å²) in [4.78, 5) is 4.17. The normalized spacial score (nSPS) is 12.9. The van der Waals surface area contributed by atoms with Gasteiger partial charge < -0.3 is 10.6 Å². The zero-order chi connectivity index (χ0) is 18.9. The lowest BCUT2D eigenvalue weighted by Gasteiger charge is -2.19. The second-order valence-electron chi connectivity index (χ2n) is 7.14. The number of nitrogens with zero attached hydrogens (tertiary/aromatic N) is 1. The maximum absolute atomic E-state index is 11.0. The largest absolute Gasteiger partial charge is 0.356 e.